The maximum Gasteiger partial charge on any atom is 0.129 e. The van der Waals surface area contributed by atoms with Crippen LogP contribution in [0.1, 0.15) is 11.5 Å². The van der Waals surface area contributed by atoms with Crippen LogP contribution < -0.4 is 5.73 Å². The van der Waals surface area contributed by atoms with E-state index in [-0.39, 0.29) is 0 Å². The van der Waals surface area contributed by atoms with Crippen molar-refractivity contribution in [1.82, 2.24) is 9.78 Å². The Balaban J connectivity index is 1.91. The molecule has 0 atom stereocenters. The van der Waals surface area contributed by atoms with Crippen molar-refractivity contribution in [3.8, 4) is 11.1 Å². The number of nitrogen functional groups attached to an aromatic ring is 1. The third-order valence-corrected chi connectivity index (χ3v) is 4.59. The molecular weight excluding hydrogens is 230 g/mol. The van der Waals surface area contributed by atoms with Crippen LogP contribution >= 0.6 is 11.8 Å². The quantitative estimate of drug-likeness (QED) is 0.884. The van der Waals surface area contributed by atoms with Crippen molar-refractivity contribution >= 4 is 17.6 Å². The Bertz CT molecular complexity index is 526. The van der Waals surface area contributed by atoms with Gasteiger partial charge in [0.25, 0.3) is 0 Å². The van der Waals surface area contributed by atoms with Gasteiger partial charge in [-0.2, -0.15) is 16.9 Å². The van der Waals surface area contributed by atoms with E-state index in [4.69, 9.17) is 5.73 Å². The van der Waals surface area contributed by atoms with Crippen molar-refractivity contribution in [2.24, 2.45) is 7.05 Å². The number of benzene rings is 1. The van der Waals surface area contributed by atoms with E-state index in [0.29, 0.717) is 0 Å². The van der Waals surface area contributed by atoms with Gasteiger partial charge in [-0.05, 0) is 11.1 Å². The summed E-state index contributed by atoms with van der Waals surface area (Å²) in [6.45, 7) is 0. The Morgan fingerprint density at radius 2 is 2.00 bits per heavy atom. The smallest absolute Gasteiger partial charge is 0.129 e. The highest BCUT2D eigenvalue weighted by Gasteiger charge is 2.20. The molecule has 0 spiro atoms. The van der Waals surface area contributed by atoms with Gasteiger partial charge in [0.2, 0.25) is 0 Å². The largest absolute Gasteiger partial charge is 0.383 e. The van der Waals surface area contributed by atoms with E-state index in [0.717, 1.165) is 22.9 Å². The number of aromatic nitrogens is 2. The number of hydrogen-bond acceptors (Lipinski definition) is 3. The van der Waals surface area contributed by atoms with Crippen LogP contribution in [-0.4, -0.2) is 21.3 Å². The molecule has 1 saturated heterocycles. The van der Waals surface area contributed by atoms with Crippen molar-refractivity contribution in [2.75, 3.05) is 17.2 Å². The maximum absolute atomic E-state index is 5.97. The minimum Gasteiger partial charge on any atom is -0.383 e. The second-order valence-corrected chi connectivity index (χ2v) is 5.50. The van der Waals surface area contributed by atoms with Crippen LogP contribution in [0.2, 0.25) is 0 Å². The summed E-state index contributed by atoms with van der Waals surface area (Å²) in [5.74, 6) is 3.99. The third-order valence-electron chi connectivity index (χ3n) is 3.32. The first-order chi connectivity index (χ1) is 8.25. The lowest BCUT2D eigenvalue weighted by Gasteiger charge is -2.25. The standard InChI is InChI=1S/C13H15N3S/c1-16-13(14)12(6-15-16)10-4-2-9(3-5-10)11-7-17-8-11/h2-6,11H,7-8,14H2,1H3. The fourth-order valence-electron chi connectivity index (χ4n) is 2.03. The molecule has 3 nitrogen and oxygen atoms in total. The molecule has 88 valence electrons. The monoisotopic (exact) mass is 245 g/mol. The van der Waals surface area contributed by atoms with Crippen LogP contribution in [0, 0.1) is 0 Å². The lowest BCUT2D eigenvalue weighted by molar-refractivity contribution is 0.779. The molecule has 0 amide bonds. The van der Waals surface area contributed by atoms with Gasteiger partial charge in [-0.15, -0.1) is 0 Å². The second kappa shape index (κ2) is 4.11. The molecule has 17 heavy (non-hydrogen) atoms. The van der Waals surface area contributed by atoms with E-state index in [9.17, 15) is 0 Å². The van der Waals surface area contributed by atoms with Gasteiger partial charge in [-0.1, -0.05) is 24.3 Å². The van der Waals surface area contributed by atoms with E-state index in [1.807, 2.05) is 25.0 Å². The van der Waals surface area contributed by atoms with Crippen molar-refractivity contribution in [3.63, 3.8) is 0 Å². The zero-order valence-electron chi connectivity index (χ0n) is 9.76. The molecule has 2 heterocycles. The average molecular weight is 245 g/mol. The maximum atomic E-state index is 5.97. The summed E-state index contributed by atoms with van der Waals surface area (Å²) < 4.78 is 1.70. The van der Waals surface area contributed by atoms with Gasteiger partial charge in [0.05, 0.1) is 6.20 Å². The normalized spacial score (nSPS) is 15.8. The Morgan fingerprint density at radius 1 is 1.29 bits per heavy atom. The van der Waals surface area contributed by atoms with Crippen LogP contribution in [0.4, 0.5) is 5.82 Å². The van der Waals surface area contributed by atoms with Gasteiger partial charge in [0.15, 0.2) is 0 Å². The molecule has 0 radical (unpaired) electrons. The molecule has 0 aliphatic carbocycles. The molecule has 2 aromatic rings. The lowest BCUT2D eigenvalue weighted by Crippen LogP contribution is -2.15. The first-order valence-corrected chi connectivity index (χ1v) is 6.86. The summed E-state index contributed by atoms with van der Waals surface area (Å²) in [5, 5.41) is 4.17. The molecule has 3 rings (SSSR count). The number of nitrogens with two attached hydrogens (primary N) is 1. The van der Waals surface area contributed by atoms with E-state index in [2.05, 4.69) is 29.4 Å². The third kappa shape index (κ3) is 1.82. The molecule has 1 aromatic heterocycles. The average Bonchev–Trinajstić information content (AvgIpc) is 2.59. The number of hydrogen-bond donors (Lipinski definition) is 1. The molecule has 1 aliphatic rings. The SMILES string of the molecule is Cn1ncc(-c2ccc(C3CSC3)cc2)c1N. The van der Waals surface area contributed by atoms with Gasteiger partial charge < -0.3 is 5.73 Å². The van der Waals surface area contributed by atoms with Gasteiger partial charge in [0.1, 0.15) is 5.82 Å². The van der Waals surface area contributed by atoms with E-state index >= 15 is 0 Å². The Labute approximate surface area is 105 Å². The summed E-state index contributed by atoms with van der Waals surface area (Å²) in [6.07, 6.45) is 1.82. The fraction of sp³-hybridized carbons (Fsp3) is 0.308. The summed E-state index contributed by atoms with van der Waals surface area (Å²) >= 11 is 2.01. The predicted octanol–water partition coefficient (Wildman–Crippen LogP) is 2.50. The first-order valence-electron chi connectivity index (χ1n) is 5.71. The predicted molar refractivity (Wildman–Crippen MR) is 73.1 cm³/mol. The topological polar surface area (TPSA) is 43.8 Å². The zero-order chi connectivity index (χ0) is 11.8. The van der Waals surface area contributed by atoms with E-state index in [1.54, 1.807) is 4.68 Å². The Kier molecular flexibility index (Phi) is 2.59. The van der Waals surface area contributed by atoms with Crippen LogP contribution in [0.15, 0.2) is 30.5 Å². The van der Waals surface area contributed by atoms with Crippen molar-refractivity contribution in [3.05, 3.63) is 36.0 Å². The number of thioether (sulfide) groups is 1. The molecule has 0 bridgehead atoms. The lowest BCUT2D eigenvalue weighted by atomic mass is 9.99. The van der Waals surface area contributed by atoms with Gasteiger partial charge in [0, 0.05) is 30.0 Å². The van der Waals surface area contributed by atoms with Crippen LogP contribution in [0.25, 0.3) is 11.1 Å². The molecular formula is C13H15N3S. The van der Waals surface area contributed by atoms with Gasteiger partial charge >= 0.3 is 0 Å². The molecule has 4 heteroatoms. The highest BCUT2D eigenvalue weighted by atomic mass is 32.2. The van der Waals surface area contributed by atoms with E-state index < -0.39 is 0 Å². The van der Waals surface area contributed by atoms with Crippen LogP contribution in [0.5, 0.6) is 0 Å². The fourth-order valence-corrected chi connectivity index (χ4v) is 2.89. The molecule has 0 saturated carbocycles. The summed E-state index contributed by atoms with van der Waals surface area (Å²) in [5.41, 5.74) is 9.57. The highest BCUT2D eigenvalue weighted by molar-refractivity contribution is 8.00. The van der Waals surface area contributed by atoms with Crippen molar-refractivity contribution < 1.29 is 0 Å². The summed E-state index contributed by atoms with van der Waals surface area (Å²) in [6, 6.07) is 8.72. The van der Waals surface area contributed by atoms with Gasteiger partial charge in [-0.3, -0.25) is 4.68 Å². The highest BCUT2D eigenvalue weighted by Crippen LogP contribution is 2.35. The number of aryl methyl sites for hydroxylation is 1. The number of rotatable bonds is 2. The second-order valence-electron chi connectivity index (χ2n) is 4.42. The first kappa shape index (κ1) is 10.7. The van der Waals surface area contributed by atoms with Crippen LogP contribution in [0.3, 0.4) is 0 Å². The Morgan fingerprint density at radius 3 is 2.47 bits per heavy atom. The molecule has 1 aliphatic heterocycles. The van der Waals surface area contributed by atoms with E-state index in [1.165, 1.54) is 17.1 Å². The van der Waals surface area contributed by atoms with Crippen LogP contribution in [-0.2, 0) is 7.05 Å². The molecule has 2 N–H and O–H groups in total. The zero-order valence-corrected chi connectivity index (χ0v) is 10.6. The minimum atomic E-state index is 0.719. The number of nitrogens with zero attached hydrogens (tertiary/aromatic N) is 2. The summed E-state index contributed by atoms with van der Waals surface area (Å²) in [7, 11) is 1.86. The molecule has 0 unspecified atom stereocenters. The Hall–Kier alpha value is -1.42. The van der Waals surface area contributed by atoms with Crippen molar-refractivity contribution in [2.45, 2.75) is 5.92 Å². The summed E-state index contributed by atoms with van der Waals surface area (Å²) in [4.78, 5) is 0. The molecule has 1 fully saturated rings. The molecule has 1 aromatic carbocycles. The minimum absolute atomic E-state index is 0.719. The number of anilines is 1. The van der Waals surface area contributed by atoms with Crippen molar-refractivity contribution in [1.29, 1.82) is 0 Å². The van der Waals surface area contributed by atoms with Gasteiger partial charge in [-0.25, -0.2) is 0 Å².